The number of nitrogens with zero attached hydrogens (tertiary/aromatic N) is 2. The van der Waals surface area contributed by atoms with Gasteiger partial charge >= 0.3 is 0 Å². The molecule has 0 aliphatic heterocycles. The van der Waals surface area contributed by atoms with Crippen LogP contribution in [0, 0.1) is 0 Å². The van der Waals surface area contributed by atoms with E-state index in [9.17, 15) is 5.11 Å². The third-order valence-electron chi connectivity index (χ3n) is 3.93. The van der Waals surface area contributed by atoms with Crippen LogP contribution in [0.25, 0.3) is 0 Å². The third-order valence-corrected chi connectivity index (χ3v) is 3.93. The van der Waals surface area contributed by atoms with Crippen molar-refractivity contribution < 1.29 is 5.11 Å². The van der Waals surface area contributed by atoms with Crippen molar-refractivity contribution in [2.45, 2.75) is 50.3 Å². The summed E-state index contributed by atoms with van der Waals surface area (Å²) >= 11 is 0. The molecule has 0 amide bonds. The van der Waals surface area contributed by atoms with Crippen molar-refractivity contribution in [1.29, 1.82) is 0 Å². The van der Waals surface area contributed by atoms with E-state index in [-0.39, 0.29) is 6.10 Å². The van der Waals surface area contributed by atoms with E-state index in [2.05, 4.69) is 10.4 Å². The molecule has 0 radical (unpaired) electrons. The molecule has 1 aromatic heterocycles. The van der Waals surface area contributed by atoms with Gasteiger partial charge in [0.25, 0.3) is 0 Å². The predicted octanol–water partition coefficient (Wildman–Crippen LogP) is 0.910. The van der Waals surface area contributed by atoms with Crippen molar-refractivity contribution in [3.8, 4) is 0 Å². The van der Waals surface area contributed by atoms with Crippen LogP contribution in [0.1, 0.15) is 43.0 Å². The fraction of sp³-hybridized carbons (Fsp3) is 0.750. The maximum Gasteiger partial charge on any atom is 0.0570 e. The van der Waals surface area contributed by atoms with Crippen LogP contribution in [-0.4, -0.2) is 27.0 Å². The fourth-order valence-electron chi connectivity index (χ4n) is 2.89. The summed E-state index contributed by atoms with van der Waals surface area (Å²) < 4.78 is 2.00. The minimum absolute atomic E-state index is 0.0746. The first-order valence-corrected chi connectivity index (χ1v) is 6.19. The molecule has 0 saturated heterocycles. The molecule has 1 fully saturated rings. The van der Waals surface area contributed by atoms with Crippen molar-refractivity contribution in [2.75, 3.05) is 0 Å². The molecule has 0 spiro atoms. The van der Waals surface area contributed by atoms with Gasteiger partial charge in [-0.2, -0.15) is 5.10 Å². The highest BCUT2D eigenvalue weighted by Gasteiger charge is 2.31. The van der Waals surface area contributed by atoms with Crippen LogP contribution in [0.4, 0.5) is 0 Å². The maximum atomic E-state index is 9.29. The number of fused-ring (bicyclic) bond motifs is 1. The Morgan fingerprint density at radius 3 is 3.06 bits per heavy atom. The number of hydrogen-bond donors (Lipinski definition) is 2. The van der Waals surface area contributed by atoms with E-state index in [1.807, 2.05) is 17.9 Å². The molecule has 1 heterocycles. The van der Waals surface area contributed by atoms with Crippen LogP contribution in [0.15, 0.2) is 6.20 Å². The molecule has 2 aliphatic rings. The van der Waals surface area contributed by atoms with E-state index in [1.54, 1.807) is 0 Å². The zero-order valence-electron chi connectivity index (χ0n) is 9.69. The van der Waals surface area contributed by atoms with E-state index in [0.717, 1.165) is 19.3 Å². The van der Waals surface area contributed by atoms with Crippen molar-refractivity contribution in [2.24, 2.45) is 7.05 Å². The minimum atomic E-state index is -0.0746. The van der Waals surface area contributed by atoms with Crippen molar-refractivity contribution in [3.63, 3.8) is 0 Å². The average Bonchev–Trinajstić information content (AvgIpc) is 2.60. The highest BCUT2D eigenvalue weighted by atomic mass is 16.3. The molecule has 2 aliphatic carbocycles. The molecule has 4 nitrogen and oxygen atoms in total. The Balaban J connectivity index is 1.72. The second kappa shape index (κ2) is 3.86. The first kappa shape index (κ1) is 10.3. The normalized spacial score (nSPS) is 33.2. The molecule has 2 N–H and O–H groups in total. The van der Waals surface area contributed by atoms with E-state index in [4.69, 9.17) is 0 Å². The standard InChI is InChI=1S/C12H19N3O/c1-15-12-4-2-3-11(10(12)7-13-15)14-8-5-9(16)6-8/h7-9,11,14,16H,2-6H2,1H3. The second-order valence-corrected chi connectivity index (χ2v) is 5.10. The number of hydrogen-bond acceptors (Lipinski definition) is 3. The van der Waals surface area contributed by atoms with E-state index in [1.165, 1.54) is 24.1 Å². The van der Waals surface area contributed by atoms with Crippen molar-refractivity contribution in [3.05, 3.63) is 17.5 Å². The lowest BCUT2D eigenvalue weighted by Crippen LogP contribution is -2.46. The monoisotopic (exact) mass is 221 g/mol. The minimum Gasteiger partial charge on any atom is -0.393 e. The van der Waals surface area contributed by atoms with Gasteiger partial charge in [-0.05, 0) is 32.1 Å². The highest BCUT2D eigenvalue weighted by Crippen LogP contribution is 2.32. The molecule has 1 aromatic rings. The third kappa shape index (κ3) is 1.66. The predicted molar refractivity (Wildman–Crippen MR) is 61.1 cm³/mol. The van der Waals surface area contributed by atoms with Gasteiger partial charge in [-0.15, -0.1) is 0 Å². The fourth-order valence-corrected chi connectivity index (χ4v) is 2.89. The van der Waals surface area contributed by atoms with E-state index >= 15 is 0 Å². The van der Waals surface area contributed by atoms with E-state index in [0.29, 0.717) is 12.1 Å². The maximum absolute atomic E-state index is 9.29. The Morgan fingerprint density at radius 1 is 1.50 bits per heavy atom. The summed E-state index contributed by atoms with van der Waals surface area (Å²) in [4.78, 5) is 0. The molecule has 1 saturated carbocycles. The summed E-state index contributed by atoms with van der Waals surface area (Å²) in [5.74, 6) is 0. The van der Waals surface area contributed by atoms with Crippen LogP contribution >= 0.6 is 0 Å². The van der Waals surface area contributed by atoms with E-state index < -0.39 is 0 Å². The molecule has 0 bridgehead atoms. The smallest absolute Gasteiger partial charge is 0.0570 e. The van der Waals surface area contributed by atoms with Gasteiger partial charge in [0, 0.05) is 30.4 Å². The quantitative estimate of drug-likeness (QED) is 0.780. The SMILES string of the molecule is Cn1ncc2c1CCCC2NC1CC(O)C1. The van der Waals surface area contributed by atoms with Crippen LogP contribution in [-0.2, 0) is 13.5 Å². The van der Waals surface area contributed by atoms with Crippen LogP contribution in [0.5, 0.6) is 0 Å². The summed E-state index contributed by atoms with van der Waals surface area (Å²) in [6.45, 7) is 0. The van der Waals surface area contributed by atoms with Crippen LogP contribution in [0.3, 0.4) is 0 Å². The molecule has 88 valence electrons. The Labute approximate surface area is 95.7 Å². The van der Waals surface area contributed by atoms with Gasteiger partial charge in [0.1, 0.15) is 0 Å². The summed E-state index contributed by atoms with van der Waals surface area (Å²) in [6.07, 6.45) is 7.33. The molecule has 3 rings (SSSR count). The Bertz CT molecular complexity index is 382. The molecule has 1 atom stereocenters. The summed E-state index contributed by atoms with van der Waals surface area (Å²) in [6, 6.07) is 0.959. The Morgan fingerprint density at radius 2 is 2.31 bits per heavy atom. The van der Waals surface area contributed by atoms with Crippen LogP contribution in [0.2, 0.25) is 0 Å². The first-order chi connectivity index (χ1) is 7.74. The van der Waals surface area contributed by atoms with Gasteiger partial charge in [-0.25, -0.2) is 0 Å². The largest absolute Gasteiger partial charge is 0.393 e. The number of rotatable bonds is 2. The van der Waals surface area contributed by atoms with Gasteiger partial charge in [-0.1, -0.05) is 0 Å². The van der Waals surface area contributed by atoms with Gasteiger partial charge in [-0.3, -0.25) is 4.68 Å². The second-order valence-electron chi connectivity index (χ2n) is 5.10. The highest BCUT2D eigenvalue weighted by molar-refractivity contribution is 5.25. The van der Waals surface area contributed by atoms with Crippen molar-refractivity contribution >= 4 is 0 Å². The molecular formula is C12H19N3O. The number of aliphatic hydroxyl groups is 1. The number of aliphatic hydroxyl groups excluding tert-OH is 1. The van der Waals surface area contributed by atoms with Crippen molar-refractivity contribution in [1.82, 2.24) is 15.1 Å². The summed E-state index contributed by atoms with van der Waals surface area (Å²) in [7, 11) is 2.02. The van der Waals surface area contributed by atoms with Gasteiger partial charge in [0.05, 0.1) is 12.3 Å². The molecule has 0 aromatic carbocycles. The lowest BCUT2D eigenvalue weighted by atomic mass is 9.86. The average molecular weight is 221 g/mol. The molecular weight excluding hydrogens is 202 g/mol. The topological polar surface area (TPSA) is 50.1 Å². The number of aromatic nitrogens is 2. The zero-order valence-corrected chi connectivity index (χ0v) is 9.69. The summed E-state index contributed by atoms with van der Waals surface area (Å²) in [5, 5.41) is 17.3. The zero-order chi connectivity index (χ0) is 11.1. The van der Waals surface area contributed by atoms with Crippen LogP contribution < -0.4 is 5.32 Å². The lowest BCUT2D eigenvalue weighted by Gasteiger charge is -2.36. The molecule has 1 unspecified atom stereocenters. The van der Waals surface area contributed by atoms with Gasteiger partial charge in [0.15, 0.2) is 0 Å². The number of aryl methyl sites for hydroxylation is 1. The van der Waals surface area contributed by atoms with Gasteiger partial charge < -0.3 is 10.4 Å². The lowest BCUT2D eigenvalue weighted by molar-refractivity contribution is 0.0566. The molecule has 4 heteroatoms. The Kier molecular flexibility index (Phi) is 2.48. The first-order valence-electron chi connectivity index (χ1n) is 6.19. The van der Waals surface area contributed by atoms with Gasteiger partial charge in [0.2, 0.25) is 0 Å². The summed E-state index contributed by atoms with van der Waals surface area (Å²) in [5.41, 5.74) is 2.75. The number of nitrogens with one attached hydrogen (secondary N) is 1. The Hall–Kier alpha value is -0.870. The molecule has 16 heavy (non-hydrogen) atoms.